The van der Waals surface area contributed by atoms with E-state index < -0.39 is 15.6 Å². The Morgan fingerprint density at radius 3 is 2.52 bits per heavy atom. The third-order valence-electron chi connectivity index (χ3n) is 3.91. The summed E-state index contributed by atoms with van der Waals surface area (Å²) in [5.41, 5.74) is 0.409. The van der Waals surface area contributed by atoms with Gasteiger partial charge in [0.2, 0.25) is 10.0 Å². The average Bonchev–Trinajstić information content (AvgIpc) is 2.60. The van der Waals surface area contributed by atoms with Crippen LogP contribution in [-0.2, 0) is 10.0 Å². The fourth-order valence-corrected chi connectivity index (χ4v) is 3.67. The van der Waals surface area contributed by atoms with Gasteiger partial charge in [0.25, 0.3) is 0 Å². The third-order valence-corrected chi connectivity index (χ3v) is 5.47. The molecule has 1 heterocycles. The lowest BCUT2D eigenvalue weighted by molar-refractivity contribution is 0.0481. The van der Waals surface area contributed by atoms with Crippen molar-refractivity contribution in [1.82, 2.24) is 4.72 Å². The minimum atomic E-state index is -3.39. The summed E-state index contributed by atoms with van der Waals surface area (Å²) in [4.78, 5) is 2.49. The number of aliphatic hydroxyl groups is 1. The van der Waals surface area contributed by atoms with Crippen LogP contribution >= 0.6 is 0 Å². The predicted molar refractivity (Wildman–Crippen MR) is 84.0 cm³/mol. The van der Waals surface area contributed by atoms with Crippen molar-refractivity contribution in [2.75, 3.05) is 24.5 Å². The molecule has 1 fully saturated rings. The lowest BCUT2D eigenvalue weighted by Gasteiger charge is -2.24. The molecular formula is C15H24N2O3S. The first-order valence-corrected chi connectivity index (χ1v) is 8.89. The Balaban J connectivity index is 2.12. The molecule has 6 heteroatoms. The normalized spacial score (nSPS) is 23.9. The van der Waals surface area contributed by atoms with E-state index in [1.807, 2.05) is 19.1 Å². The van der Waals surface area contributed by atoms with Gasteiger partial charge in [-0.05, 0) is 50.5 Å². The van der Waals surface area contributed by atoms with E-state index in [2.05, 4.69) is 9.62 Å². The van der Waals surface area contributed by atoms with Gasteiger partial charge in [-0.1, -0.05) is 6.92 Å². The summed E-state index contributed by atoms with van der Waals surface area (Å²) in [6.45, 7) is 5.69. The molecule has 21 heavy (non-hydrogen) atoms. The molecule has 0 aromatic heterocycles. The van der Waals surface area contributed by atoms with Crippen molar-refractivity contribution in [1.29, 1.82) is 0 Å². The summed E-state index contributed by atoms with van der Waals surface area (Å²) >= 11 is 0. The van der Waals surface area contributed by atoms with E-state index in [1.54, 1.807) is 19.1 Å². The first-order valence-electron chi connectivity index (χ1n) is 7.41. The Morgan fingerprint density at radius 2 is 1.90 bits per heavy atom. The van der Waals surface area contributed by atoms with E-state index in [4.69, 9.17) is 0 Å². The monoisotopic (exact) mass is 312 g/mol. The van der Waals surface area contributed by atoms with E-state index in [0.29, 0.717) is 6.54 Å². The summed E-state index contributed by atoms with van der Waals surface area (Å²) in [7, 11) is -3.39. The smallest absolute Gasteiger partial charge is 0.240 e. The molecule has 1 aliphatic heterocycles. The first kappa shape index (κ1) is 16.3. The maximum Gasteiger partial charge on any atom is 0.240 e. The largest absolute Gasteiger partial charge is 0.390 e. The van der Waals surface area contributed by atoms with Crippen LogP contribution in [0.15, 0.2) is 29.2 Å². The van der Waals surface area contributed by atoms with Gasteiger partial charge in [-0.25, -0.2) is 13.1 Å². The van der Waals surface area contributed by atoms with Gasteiger partial charge in [0, 0.05) is 25.3 Å². The van der Waals surface area contributed by atoms with E-state index in [9.17, 15) is 13.5 Å². The van der Waals surface area contributed by atoms with Crippen LogP contribution in [0.2, 0.25) is 0 Å². The van der Waals surface area contributed by atoms with Crippen molar-refractivity contribution in [3.63, 3.8) is 0 Å². The molecule has 2 rings (SSSR count). The Morgan fingerprint density at radius 1 is 1.24 bits per heavy atom. The van der Waals surface area contributed by atoms with Crippen molar-refractivity contribution < 1.29 is 13.5 Å². The van der Waals surface area contributed by atoms with Gasteiger partial charge in [-0.2, -0.15) is 0 Å². The van der Waals surface area contributed by atoms with Gasteiger partial charge in [-0.15, -0.1) is 0 Å². The lowest BCUT2D eigenvalue weighted by atomic mass is 9.98. The summed E-state index contributed by atoms with van der Waals surface area (Å²) < 4.78 is 26.3. The number of anilines is 1. The van der Waals surface area contributed by atoms with Crippen molar-refractivity contribution in [3.05, 3.63) is 24.3 Å². The van der Waals surface area contributed by atoms with Crippen molar-refractivity contribution >= 4 is 15.7 Å². The van der Waals surface area contributed by atoms with Crippen LogP contribution in [0.5, 0.6) is 0 Å². The second-order valence-electron chi connectivity index (χ2n) is 5.83. The number of sulfonamides is 1. The molecule has 0 spiro atoms. The Labute approximate surface area is 127 Å². The van der Waals surface area contributed by atoms with Gasteiger partial charge in [0.05, 0.1) is 10.5 Å². The third kappa shape index (κ3) is 4.18. The number of hydrogen-bond donors (Lipinski definition) is 2. The number of nitrogens with zero attached hydrogens (tertiary/aromatic N) is 1. The van der Waals surface area contributed by atoms with Crippen LogP contribution < -0.4 is 9.62 Å². The minimum absolute atomic E-state index is 0.287. The maximum absolute atomic E-state index is 11.9. The molecule has 2 N–H and O–H groups in total. The van der Waals surface area contributed by atoms with Gasteiger partial charge >= 0.3 is 0 Å². The van der Waals surface area contributed by atoms with Crippen LogP contribution in [0.3, 0.4) is 0 Å². The molecule has 1 aliphatic rings. The van der Waals surface area contributed by atoms with Crippen molar-refractivity contribution in [2.45, 2.75) is 43.6 Å². The highest BCUT2D eigenvalue weighted by Crippen LogP contribution is 2.26. The standard InChI is InChI=1S/C15H24N2O3S/c1-3-16-21(19,20)14-7-5-13(6-8-14)17-11-4-9-15(2,18)10-12-17/h5-8,16,18H,3-4,9-12H2,1-2H3. The number of nitrogens with one attached hydrogen (secondary N) is 1. The maximum atomic E-state index is 11.9. The number of benzene rings is 1. The van der Waals surface area contributed by atoms with E-state index in [-0.39, 0.29) is 4.90 Å². The second kappa shape index (κ2) is 6.34. The topological polar surface area (TPSA) is 69.6 Å². The van der Waals surface area contributed by atoms with E-state index in [0.717, 1.165) is 38.0 Å². The number of rotatable bonds is 4. The zero-order chi connectivity index (χ0) is 15.5. The second-order valence-corrected chi connectivity index (χ2v) is 7.60. The highest BCUT2D eigenvalue weighted by molar-refractivity contribution is 7.89. The first-order chi connectivity index (χ1) is 9.84. The SMILES string of the molecule is CCNS(=O)(=O)c1ccc(N2CCCC(C)(O)CC2)cc1. The summed E-state index contributed by atoms with van der Waals surface area (Å²) in [5.74, 6) is 0. The lowest BCUT2D eigenvalue weighted by Crippen LogP contribution is -2.28. The quantitative estimate of drug-likeness (QED) is 0.888. The average molecular weight is 312 g/mol. The Bertz CT molecular complexity index is 567. The molecular weight excluding hydrogens is 288 g/mol. The number of hydrogen-bond acceptors (Lipinski definition) is 4. The van der Waals surface area contributed by atoms with E-state index in [1.165, 1.54) is 0 Å². The fraction of sp³-hybridized carbons (Fsp3) is 0.600. The molecule has 1 atom stereocenters. The summed E-state index contributed by atoms with van der Waals surface area (Å²) in [6.07, 6.45) is 2.46. The van der Waals surface area contributed by atoms with Gasteiger partial charge < -0.3 is 10.0 Å². The Hall–Kier alpha value is -1.11. The Kier molecular flexibility index (Phi) is 4.91. The molecule has 1 aromatic rings. The zero-order valence-electron chi connectivity index (χ0n) is 12.7. The predicted octanol–water partition coefficient (Wildman–Crippen LogP) is 1.73. The van der Waals surface area contributed by atoms with Crippen LogP contribution in [0.1, 0.15) is 33.1 Å². The van der Waals surface area contributed by atoms with Gasteiger partial charge in [0.15, 0.2) is 0 Å². The zero-order valence-corrected chi connectivity index (χ0v) is 13.5. The summed E-state index contributed by atoms with van der Waals surface area (Å²) in [5, 5.41) is 10.1. The van der Waals surface area contributed by atoms with Gasteiger partial charge in [-0.3, -0.25) is 0 Å². The molecule has 0 saturated carbocycles. The molecule has 0 bridgehead atoms. The van der Waals surface area contributed by atoms with E-state index >= 15 is 0 Å². The molecule has 1 aromatic carbocycles. The van der Waals surface area contributed by atoms with Crippen molar-refractivity contribution in [3.8, 4) is 0 Å². The molecule has 1 unspecified atom stereocenters. The van der Waals surface area contributed by atoms with Gasteiger partial charge in [0.1, 0.15) is 0 Å². The minimum Gasteiger partial charge on any atom is -0.390 e. The summed E-state index contributed by atoms with van der Waals surface area (Å²) in [6, 6.07) is 6.95. The van der Waals surface area contributed by atoms with Crippen LogP contribution in [0.4, 0.5) is 5.69 Å². The molecule has 0 radical (unpaired) electrons. The van der Waals surface area contributed by atoms with Crippen LogP contribution in [-0.4, -0.2) is 38.8 Å². The van der Waals surface area contributed by atoms with Crippen molar-refractivity contribution in [2.24, 2.45) is 0 Å². The molecule has 1 saturated heterocycles. The molecule has 5 nitrogen and oxygen atoms in total. The van der Waals surface area contributed by atoms with Crippen LogP contribution in [0.25, 0.3) is 0 Å². The molecule has 0 amide bonds. The highest BCUT2D eigenvalue weighted by atomic mass is 32.2. The fourth-order valence-electron chi connectivity index (χ4n) is 2.63. The highest BCUT2D eigenvalue weighted by Gasteiger charge is 2.25. The van der Waals surface area contributed by atoms with Crippen LogP contribution in [0, 0.1) is 0 Å². The molecule has 118 valence electrons. The molecule has 0 aliphatic carbocycles.